The fraction of sp³-hybridized carbons (Fsp3) is 0.286. The van der Waals surface area contributed by atoms with Crippen LogP contribution in [0.25, 0.3) is 21.3 Å². The summed E-state index contributed by atoms with van der Waals surface area (Å²) in [5, 5.41) is 3.36. The Morgan fingerprint density at radius 3 is 2.70 bits per heavy atom. The summed E-state index contributed by atoms with van der Waals surface area (Å²) in [7, 11) is 4.13. The number of aryl methyl sites for hydroxylation is 1. The Morgan fingerprint density at radius 2 is 2.00 bits per heavy atom. The van der Waals surface area contributed by atoms with Crippen molar-refractivity contribution in [1.82, 2.24) is 19.5 Å². The second-order valence-electron chi connectivity index (χ2n) is 7.19. The van der Waals surface area contributed by atoms with Gasteiger partial charge in [0.25, 0.3) is 0 Å². The number of anilines is 1. The van der Waals surface area contributed by atoms with Crippen molar-refractivity contribution in [3.05, 3.63) is 59.8 Å². The number of thiophene rings is 1. The predicted molar refractivity (Wildman–Crippen MR) is 110 cm³/mol. The molecule has 1 aliphatic rings. The standard InChI is InChI=1S/C21H21N5S/c1-25-11-10-22-17(25)12-26(2)20-18-16(14-6-4-3-5-7-14)13-27-21(18)24-19(23-20)15-8-9-15/h3-7,10-11,13,15H,8-9,12H2,1-2H3. The number of fused-ring (bicyclic) bond motifs is 1. The number of nitrogens with zero attached hydrogens (tertiary/aromatic N) is 5. The Hall–Kier alpha value is -2.73. The fourth-order valence-electron chi connectivity index (χ4n) is 3.41. The molecule has 3 heterocycles. The lowest BCUT2D eigenvalue weighted by molar-refractivity contribution is 0.753. The SMILES string of the molecule is CN(Cc1nccn1C)c1nc(C2CC2)nc2scc(-c3ccccc3)c12. The lowest BCUT2D eigenvalue weighted by atomic mass is 10.1. The van der Waals surface area contributed by atoms with Gasteiger partial charge in [0.05, 0.1) is 11.9 Å². The zero-order chi connectivity index (χ0) is 18.4. The summed E-state index contributed by atoms with van der Waals surface area (Å²) in [5.74, 6) is 3.54. The molecule has 1 fully saturated rings. The first-order valence-electron chi connectivity index (χ1n) is 9.22. The van der Waals surface area contributed by atoms with Gasteiger partial charge < -0.3 is 9.47 Å². The van der Waals surface area contributed by atoms with Gasteiger partial charge in [-0.3, -0.25) is 0 Å². The molecule has 0 saturated heterocycles. The van der Waals surface area contributed by atoms with Gasteiger partial charge in [0.15, 0.2) is 0 Å². The lowest BCUT2D eigenvalue weighted by Gasteiger charge is -2.20. The highest BCUT2D eigenvalue weighted by atomic mass is 32.1. The quantitative estimate of drug-likeness (QED) is 0.511. The number of hydrogen-bond acceptors (Lipinski definition) is 5. The van der Waals surface area contributed by atoms with Crippen molar-refractivity contribution in [2.24, 2.45) is 7.05 Å². The van der Waals surface area contributed by atoms with E-state index in [4.69, 9.17) is 9.97 Å². The summed E-state index contributed by atoms with van der Waals surface area (Å²) >= 11 is 1.71. The molecule has 1 aliphatic carbocycles. The molecule has 5 rings (SSSR count). The molecule has 0 aliphatic heterocycles. The van der Waals surface area contributed by atoms with Crippen molar-refractivity contribution in [2.75, 3.05) is 11.9 Å². The van der Waals surface area contributed by atoms with E-state index in [2.05, 4.69) is 51.1 Å². The maximum atomic E-state index is 5.02. The van der Waals surface area contributed by atoms with Gasteiger partial charge in [-0.05, 0) is 18.4 Å². The third-order valence-electron chi connectivity index (χ3n) is 5.12. The van der Waals surface area contributed by atoms with Gasteiger partial charge in [-0.1, -0.05) is 30.3 Å². The molecular weight excluding hydrogens is 354 g/mol. The highest BCUT2D eigenvalue weighted by molar-refractivity contribution is 7.17. The molecule has 0 spiro atoms. The van der Waals surface area contributed by atoms with E-state index in [1.807, 2.05) is 25.5 Å². The van der Waals surface area contributed by atoms with Crippen molar-refractivity contribution < 1.29 is 0 Å². The normalized spacial score (nSPS) is 14.0. The lowest BCUT2D eigenvalue weighted by Crippen LogP contribution is -2.21. The van der Waals surface area contributed by atoms with Gasteiger partial charge in [0, 0.05) is 43.4 Å². The third-order valence-corrected chi connectivity index (χ3v) is 5.99. The average molecular weight is 376 g/mol. The maximum Gasteiger partial charge on any atom is 0.141 e. The minimum atomic E-state index is 0.525. The summed E-state index contributed by atoms with van der Waals surface area (Å²) in [6.07, 6.45) is 6.22. The number of hydrogen-bond donors (Lipinski definition) is 0. The van der Waals surface area contributed by atoms with Crippen molar-refractivity contribution >= 4 is 27.4 Å². The molecule has 136 valence electrons. The van der Waals surface area contributed by atoms with Gasteiger partial charge in [-0.2, -0.15) is 0 Å². The molecule has 6 heteroatoms. The first-order chi connectivity index (χ1) is 13.2. The molecule has 0 atom stereocenters. The zero-order valence-electron chi connectivity index (χ0n) is 15.5. The van der Waals surface area contributed by atoms with Crippen LogP contribution in [0.4, 0.5) is 5.82 Å². The van der Waals surface area contributed by atoms with Crippen LogP contribution in [0.5, 0.6) is 0 Å². The van der Waals surface area contributed by atoms with Crippen LogP contribution >= 0.6 is 11.3 Å². The van der Waals surface area contributed by atoms with E-state index in [1.54, 1.807) is 11.3 Å². The molecule has 4 aromatic rings. The van der Waals surface area contributed by atoms with E-state index in [9.17, 15) is 0 Å². The monoisotopic (exact) mass is 375 g/mol. The molecule has 0 amide bonds. The van der Waals surface area contributed by atoms with Gasteiger partial charge in [-0.25, -0.2) is 15.0 Å². The van der Waals surface area contributed by atoms with Crippen LogP contribution in [-0.2, 0) is 13.6 Å². The van der Waals surface area contributed by atoms with Crippen LogP contribution in [0.2, 0.25) is 0 Å². The van der Waals surface area contributed by atoms with Crippen molar-refractivity contribution in [2.45, 2.75) is 25.3 Å². The summed E-state index contributed by atoms with van der Waals surface area (Å²) < 4.78 is 2.06. The molecule has 0 unspecified atom stereocenters. The van der Waals surface area contributed by atoms with Gasteiger partial charge >= 0.3 is 0 Å². The number of aromatic nitrogens is 4. The molecule has 27 heavy (non-hydrogen) atoms. The van der Waals surface area contributed by atoms with Crippen LogP contribution < -0.4 is 4.90 Å². The van der Waals surface area contributed by atoms with Crippen LogP contribution in [0.15, 0.2) is 48.1 Å². The number of benzene rings is 1. The van der Waals surface area contributed by atoms with Crippen LogP contribution in [0, 0.1) is 0 Å². The van der Waals surface area contributed by atoms with E-state index in [0.717, 1.165) is 27.7 Å². The summed E-state index contributed by atoms with van der Waals surface area (Å²) in [6.45, 7) is 0.712. The molecule has 5 nitrogen and oxygen atoms in total. The average Bonchev–Trinajstić information content (AvgIpc) is 3.34. The highest BCUT2D eigenvalue weighted by Gasteiger charge is 2.29. The topological polar surface area (TPSA) is 46.8 Å². The fourth-order valence-corrected chi connectivity index (χ4v) is 4.35. The first-order valence-corrected chi connectivity index (χ1v) is 10.1. The molecule has 1 saturated carbocycles. The first kappa shape index (κ1) is 16.4. The Labute approximate surface area is 162 Å². The molecule has 0 radical (unpaired) electrons. The molecule has 0 N–H and O–H groups in total. The van der Waals surface area contributed by atoms with Gasteiger partial charge in [-0.15, -0.1) is 11.3 Å². The van der Waals surface area contributed by atoms with Crippen LogP contribution in [0.1, 0.15) is 30.4 Å². The summed E-state index contributed by atoms with van der Waals surface area (Å²) in [4.78, 5) is 17.7. The Balaban J connectivity index is 1.66. The number of imidazole rings is 1. The second kappa shape index (κ2) is 6.46. The Kier molecular flexibility index (Phi) is 3.93. The highest BCUT2D eigenvalue weighted by Crippen LogP contribution is 2.43. The van der Waals surface area contributed by atoms with Gasteiger partial charge in [0.1, 0.15) is 22.3 Å². The van der Waals surface area contributed by atoms with Crippen LogP contribution in [0.3, 0.4) is 0 Å². The molecular formula is C21H21N5S. The summed E-state index contributed by atoms with van der Waals surface area (Å²) in [6, 6.07) is 10.5. The van der Waals surface area contributed by atoms with Crippen molar-refractivity contribution in [3.8, 4) is 11.1 Å². The van der Waals surface area contributed by atoms with E-state index >= 15 is 0 Å². The van der Waals surface area contributed by atoms with E-state index in [1.165, 1.54) is 24.0 Å². The molecule has 0 bridgehead atoms. The van der Waals surface area contributed by atoms with Crippen molar-refractivity contribution in [3.63, 3.8) is 0 Å². The van der Waals surface area contributed by atoms with E-state index in [-0.39, 0.29) is 0 Å². The van der Waals surface area contributed by atoms with E-state index < -0.39 is 0 Å². The number of rotatable bonds is 5. The molecule has 1 aromatic carbocycles. The molecule has 3 aromatic heterocycles. The van der Waals surface area contributed by atoms with Gasteiger partial charge in [0.2, 0.25) is 0 Å². The van der Waals surface area contributed by atoms with Crippen molar-refractivity contribution in [1.29, 1.82) is 0 Å². The Morgan fingerprint density at radius 1 is 1.19 bits per heavy atom. The Bertz CT molecular complexity index is 1090. The van der Waals surface area contributed by atoms with Crippen LogP contribution in [-0.4, -0.2) is 26.6 Å². The predicted octanol–water partition coefficient (Wildman–Crippen LogP) is 4.61. The summed E-state index contributed by atoms with van der Waals surface area (Å²) in [5.41, 5.74) is 2.41. The zero-order valence-corrected chi connectivity index (χ0v) is 16.3. The smallest absolute Gasteiger partial charge is 0.141 e. The largest absolute Gasteiger partial charge is 0.352 e. The van der Waals surface area contributed by atoms with E-state index in [0.29, 0.717) is 12.5 Å². The third kappa shape index (κ3) is 3.00. The maximum absolute atomic E-state index is 5.02. The minimum Gasteiger partial charge on any atom is -0.352 e. The minimum absolute atomic E-state index is 0.525. The second-order valence-corrected chi connectivity index (χ2v) is 8.04.